The summed E-state index contributed by atoms with van der Waals surface area (Å²) in [5, 5.41) is 0. The van der Waals surface area contributed by atoms with Crippen molar-refractivity contribution < 1.29 is 0 Å². The second kappa shape index (κ2) is 2.30. The first kappa shape index (κ1) is 7.07. The maximum atomic E-state index is 5.83. The first-order chi connectivity index (χ1) is 4.15. The number of hydrogen-bond donors (Lipinski definition) is 1. The summed E-state index contributed by atoms with van der Waals surface area (Å²) < 4.78 is 0. The quantitative estimate of drug-likeness (QED) is 0.572. The summed E-state index contributed by atoms with van der Waals surface area (Å²) in [5.41, 5.74) is 6.30. The van der Waals surface area contributed by atoms with Crippen LogP contribution < -0.4 is 5.73 Å². The van der Waals surface area contributed by atoms with Crippen LogP contribution in [0.4, 0.5) is 0 Å². The van der Waals surface area contributed by atoms with Crippen LogP contribution in [0, 0.1) is 5.41 Å². The Bertz CT molecular complexity index is 90.7. The summed E-state index contributed by atoms with van der Waals surface area (Å²) in [4.78, 5) is 0. The molecule has 1 rings (SSSR count). The Hall–Kier alpha value is -0.0400. The van der Waals surface area contributed by atoms with Crippen molar-refractivity contribution in [3.63, 3.8) is 0 Å². The molecule has 0 bridgehead atoms. The van der Waals surface area contributed by atoms with Gasteiger partial charge in [-0.1, -0.05) is 19.8 Å². The monoisotopic (exact) mass is 127 g/mol. The van der Waals surface area contributed by atoms with Gasteiger partial charge in [0.25, 0.3) is 0 Å². The van der Waals surface area contributed by atoms with E-state index >= 15 is 0 Å². The third-order valence-corrected chi connectivity index (χ3v) is 2.85. The molecule has 9 heavy (non-hydrogen) atoms. The molecule has 1 fully saturated rings. The fourth-order valence-corrected chi connectivity index (χ4v) is 1.64. The van der Waals surface area contributed by atoms with Crippen molar-refractivity contribution >= 4 is 0 Å². The van der Waals surface area contributed by atoms with E-state index in [1.807, 2.05) is 0 Å². The molecule has 0 aromatic carbocycles. The predicted octanol–water partition coefficient (Wildman–Crippen LogP) is 1.91. The van der Waals surface area contributed by atoms with E-state index in [-0.39, 0.29) is 0 Å². The van der Waals surface area contributed by atoms with Crippen molar-refractivity contribution in [2.45, 2.75) is 45.6 Å². The first-order valence-corrected chi connectivity index (χ1v) is 3.91. The van der Waals surface area contributed by atoms with E-state index in [1.54, 1.807) is 0 Å². The molecule has 1 heteroatoms. The molecule has 1 aliphatic carbocycles. The van der Waals surface area contributed by atoms with Crippen LogP contribution in [0.1, 0.15) is 39.5 Å². The highest BCUT2D eigenvalue weighted by molar-refractivity contribution is 4.86. The lowest BCUT2D eigenvalue weighted by Gasteiger charge is -2.27. The minimum absolute atomic E-state index is 0.389. The van der Waals surface area contributed by atoms with Crippen LogP contribution >= 0.6 is 0 Å². The Labute approximate surface area is 57.6 Å². The molecule has 0 aliphatic heterocycles. The van der Waals surface area contributed by atoms with Gasteiger partial charge < -0.3 is 5.73 Å². The topological polar surface area (TPSA) is 26.0 Å². The fraction of sp³-hybridized carbons (Fsp3) is 1.00. The molecule has 0 unspecified atom stereocenters. The lowest BCUT2D eigenvalue weighted by molar-refractivity contribution is 0.277. The summed E-state index contributed by atoms with van der Waals surface area (Å²) in [6, 6.07) is 0.389. The van der Waals surface area contributed by atoms with Crippen LogP contribution in [0.15, 0.2) is 0 Å². The van der Waals surface area contributed by atoms with Gasteiger partial charge in [0.05, 0.1) is 0 Å². The van der Waals surface area contributed by atoms with Crippen LogP contribution in [-0.2, 0) is 0 Å². The molecular weight excluding hydrogens is 110 g/mol. The Balaban J connectivity index is 2.51. The molecule has 0 aromatic rings. The van der Waals surface area contributed by atoms with Crippen LogP contribution in [0.3, 0.4) is 0 Å². The van der Waals surface area contributed by atoms with Crippen molar-refractivity contribution in [1.29, 1.82) is 0 Å². The van der Waals surface area contributed by atoms with Crippen molar-refractivity contribution in [3.05, 3.63) is 0 Å². The molecule has 0 saturated heterocycles. The molecule has 1 saturated carbocycles. The van der Waals surface area contributed by atoms with Crippen LogP contribution in [0.25, 0.3) is 0 Å². The zero-order valence-electron chi connectivity index (χ0n) is 6.48. The average molecular weight is 127 g/mol. The van der Waals surface area contributed by atoms with Gasteiger partial charge in [-0.2, -0.15) is 0 Å². The SMILES string of the molecule is C[C@H](N)C1(C)CCCC1. The molecular formula is C8H17N. The summed E-state index contributed by atoms with van der Waals surface area (Å²) in [6.07, 6.45) is 5.45. The molecule has 0 spiro atoms. The molecule has 0 amide bonds. The molecule has 0 aromatic heterocycles. The summed E-state index contributed by atoms with van der Waals surface area (Å²) in [5.74, 6) is 0. The minimum atomic E-state index is 0.389. The maximum absolute atomic E-state index is 5.83. The molecule has 1 atom stereocenters. The van der Waals surface area contributed by atoms with Crippen LogP contribution in [-0.4, -0.2) is 6.04 Å². The summed E-state index contributed by atoms with van der Waals surface area (Å²) in [7, 11) is 0. The summed E-state index contributed by atoms with van der Waals surface area (Å²) >= 11 is 0. The third kappa shape index (κ3) is 1.26. The van der Waals surface area contributed by atoms with E-state index in [4.69, 9.17) is 5.73 Å². The van der Waals surface area contributed by atoms with Crippen molar-refractivity contribution in [2.24, 2.45) is 11.1 Å². The van der Waals surface area contributed by atoms with Crippen molar-refractivity contribution in [2.75, 3.05) is 0 Å². The number of nitrogens with two attached hydrogens (primary N) is 1. The fourth-order valence-electron chi connectivity index (χ4n) is 1.64. The maximum Gasteiger partial charge on any atom is 0.00643 e. The zero-order chi connectivity index (χ0) is 6.91. The second-order valence-corrected chi connectivity index (χ2v) is 3.65. The normalized spacial score (nSPS) is 28.3. The largest absolute Gasteiger partial charge is 0.327 e. The van der Waals surface area contributed by atoms with E-state index in [2.05, 4.69) is 13.8 Å². The van der Waals surface area contributed by atoms with Crippen molar-refractivity contribution in [3.8, 4) is 0 Å². The van der Waals surface area contributed by atoms with Gasteiger partial charge in [-0.15, -0.1) is 0 Å². The molecule has 0 heterocycles. The van der Waals surface area contributed by atoms with E-state index in [1.165, 1.54) is 25.7 Å². The molecule has 2 N–H and O–H groups in total. The second-order valence-electron chi connectivity index (χ2n) is 3.65. The highest BCUT2D eigenvalue weighted by Gasteiger charge is 2.31. The van der Waals surface area contributed by atoms with E-state index in [0.29, 0.717) is 11.5 Å². The third-order valence-electron chi connectivity index (χ3n) is 2.85. The van der Waals surface area contributed by atoms with Gasteiger partial charge in [0.1, 0.15) is 0 Å². The van der Waals surface area contributed by atoms with Gasteiger partial charge in [0.15, 0.2) is 0 Å². The van der Waals surface area contributed by atoms with Gasteiger partial charge >= 0.3 is 0 Å². The predicted molar refractivity (Wildman–Crippen MR) is 40.2 cm³/mol. The first-order valence-electron chi connectivity index (χ1n) is 3.91. The lowest BCUT2D eigenvalue weighted by Crippen LogP contribution is -2.34. The Morgan fingerprint density at radius 3 is 2.00 bits per heavy atom. The average Bonchev–Trinajstić information content (AvgIpc) is 2.16. The number of hydrogen-bond acceptors (Lipinski definition) is 1. The van der Waals surface area contributed by atoms with Gasteiger partial charge in [-0.3, -0.25) is 0 Å². The molecule has 0 radical (unpaired) electrons. The smallest absolute Gasteiger partial charge is 0.00643 e. The summed E-state index contributed by atoms with van der Waals surface area (Å²) in [6.45, 7) is 4.44. The van der Waals surface area contributed by atoms with Gasteiger partial charge in [-0.05, 0) is 25.2 Å². The van der Waals surface area contributed by atoms with E-state index in [9.17, 15) is 0 Å². The van der Waals surface area contributed by atoms with Crippen LogP contribution in [0.5, 0.6) is 0 Å². The zero-order valence-corrected chi connectivity index (χ0v) is 6.48. The standard InChI is InChI=1S/C8H17N/c1-7(9)8(2)5-3-4-6-8/h7H,3-6,9H2,1-2H3/t7-/m0/s1. The Kier molecular flexibility index (Phi) is 1.80. The van der Waals surface area contributed by atoms with E-state index < -0.39 is 0 Å². The van der Waals surface area contributed by atoms with E-state index in [0.717, 1.165) is 0 Å². The molecule has 1 aliphatic rings. The highest BCUT2D eigenvalue weighted by Crippen LogP contribution is 2.39. The van der Waals surface area contributed by atoms with Gasteiger partial charge in [-0.25, -0.2) is 0 Å². The van der Waals surface area contributed by atoms with Gasteiger partial charge in [0, 0.05) is 6.04 Å². The lowest BCUT2D eigenvalue weighted by atomic mass is 9.82. The number of rotatable bonds is 1. The highest BCUT2D eigenvalue weighted by atomic mass is 14.7. The Morgan fingerprint density at radius 2 is 1.78 bits per heavy atom. The minimum Gasteiger partial charge on any atom is -0.327 e. The molecule has 1 nitrogen and oxygen atoms in total. The van der Waals surface area contributed by atoms with Gasteiger partial charge in [0.2, 0.25) is 0 Å². The Morgan fingerprint density at radius 1 is 1.33 bits per heavy atom. The van der Waals surface area contributed by atoms with Crippen molar-refractivity contribution in [1.82, 2.24) is 0 Å². The molecule has 54 valence electrons. The van der Waals surface area contributed by atoms with Crippen LogP contribution in [0.2, 0.25) is 0 Å².